The third-order valence-corrected chi connectivity index (χ3v) is 3.26. The first kappa shape index (κ1) is 17.1. The lowest BCUT2D eigenvalue weighted by Crippen LogP contribution is -2.35. The van der Waals surface area contributed by atoms with Gasteiger partial charge in [-0.2, -0.15) is 0 Å². The molecule has 0 saturated carbocycles. The number of rotatable bonds is 8. The summed E-state index contributed by atoms with van der Waals surface area (Å²) in [5.74, 6) is 1.09. The standard InChI is InChI=1S/C15H23NO5/c1-5-10(6-7-17)16-15(18)11-8-13(20-3)14(21-4)9-12(11)19-2/h8-10,17H,5-7H2,1-4H3,(H,16,18). The monoisotopic (exact) mass is 297 g/mol. The van der Waals surface area contributed by atoms with Crippen LogP contribution >= 0.6 is 0 Å². The van der Waals surface area contributed by atoms with Crippen molar-refractivity contribution in [2.45, 2.75) is 25.8 Å². The van der Waals surface area contributed by atoms with Crippen molar-refractivity contribution >= 4 is 5.91 Å². The summed E-state index contributed by atoms with van der Waals surface area (Å²) >= 11 is 0. The molecule has 6 heteroatoms. The number of aliphatic hydroxyl groups excluding tert-OH is 1. The van der Waals surface area contributed by atoms with Crippen LogP contribution in [0.15, 0.2) is 12.1 Å². The Hall–Kier alpha value is -1.95. The summed E-state index contributed by atoms with van der Waals surface area (Å²) in [6.45, 7) is 1.98. The first-order chi connectivity index (χ1) is 10.1. The van der Waals surface area contributed by atoms with Crippen molar-refractivity contribution in [2.24, 2.45) is 0 Å². The van der Waals surface area contributed by atoms with E-state index < -0.39 is 0 Å². The Bertz CT molecular complexity index is 475. The summed E-state index contributed by atoms with van der Waals surface area (Å²) in [5.41, 5.74) is 0.367. The Morgan fingerprint density at radius 2 is 1.71 bits per heavy atom. The van der Waals surface area contributed by atoms with Crippen LogP contribution in [0.1, 0.15) is 30.1 Å². The molecule has 0 fully saturated rings. The van der Waals surface area contributed by atoms with Gasteiger partial charge in [-0.05, 0) is 12.8 Å². The second-order valence-electron chi connectivity index (χ2n) is 4.50. The van der Waals surface area contributed by atoms with Gasteiger partial charge in [0.25, 0.3) is 5.91 Å². The van der Waals surface area contributed by atoms with Crippen LogP contribution in [-0.4, -0.2) is 45.0 Å². The molecule has 1 unspecified atom stereocenters. The van der Waals surface area contributed by atoms with Crippen molar-refractivity contribution in [3.05, 3.63) is 17.7 Å². The highest BCUT2D eigenvalue weighted by Crippen LogP contribution is 2.34. The Morgan fingerprint density at radius 3 is 2.19 bits per heavy atom. The van der Waals surface area contributed by atoms with Crippen LogP contribution in [0.2, 0.25) is 0 Å². The Morgan fingerprint density at radius 1 is 1.14 bits per heavy atom. The van der Waals surface area contributed by atoms with Crippen LogP contribution < -0.4 is 19.5 Å². The number of carbonyl (C=O) groups excluding carboxylic acids is 1. The fraction of sp³-hybridized carbons (Fsp3) is 0.533. The van der Waals surface area contributed by atoms with Crippen molar-refractivity contribution in [1.29, 1.82) is 0 Å². The molecule has 118 valence electrons. The zero-order valence-corrected chi connectivity index (χ0v) is 12.9. The Labute approximate surface area is 125 Å². The minimum absolute atomic E-state index is 0.0296. The number of nitrogens with one attached hydrogen (secondary N) is 1. The van der Waals surface area contributed by atoms with Crippen LogP contribution in [0.5, 0.6) is 17.2 Å². The second-order valence-corrected chi connectivity index (χ2v) is 4.50. The summed E-state index contributed by atoms with van der Waals surface area (Å²) < 4.78 is 15.6. The summed E-state index contributed by atoms with van der Waals surface area (Å²) in [6.07, 6.45) is 1.25. The molecule has 0 aliphatic rings. The fourth-order valence-corrected chi connectivity index (χ4v) is 2.00. The van der Waals surface area contributed by atoms with Gasteiger partial charge >= 0.3 is 0 Å². The highest BCUT2D eigenvalue weighted by Gasteiger charge is 2.19. The van der Waals surface area contributed by atoms with E-state index in [1.54, 1.807) is 12.1 Å². The van der Waals surface area contributed by atoms with E-state index in [2.05, 4.69) is 5.32 Å². The van der Waals surface area contributed by atoms with Gasteiger partial charge in [0.2, 0.25) is 0 Å². The Balaban J connectivity index is 3.07. The topological polar surface area (TPSA) is 77.0 Å². The molecule has 2 N–H and O–H groups in total. The maximum atomic E-state index is 12.4. The molecule has 1 aromatic rings. The normalized spacial score (nSPS) is 11.7. The van der Waals surface area contributed by atoms with Crippen molar-refractivity contribution in [1.82, 2.24) is 5.32 Å². The van der Waals surface area contributed by atoms with Crippen molar-refractivity contribution < 1.29 is 24.1 Å². The molecule has 1 atom stereocenters. The van der Waals surface area contributed by atoms with E-state index >= 15 is 0 Å². The molecule has 0 heterocycles. The second kappa shape index (κ2) is 8.36. The molecule has 0 radical (unpaired) electrons. The van der Waals surface area contributed by atoms with Crippen molar-refractivity contribution in [3.8, 4) is 17.2 Å². The molecule has 0 saturated heterocycles. The van der Waals surface area contributed by atoms with Crippen molar-refractivity contribution in [3.63, 3.8) is 0 Å². The third-order valence-electron chi connectivity index (χ3n) is 3.26. The van der Waals surface area contributed by atoms with E-state index in [9.17, 15) is 4.79 Å². The maximum Gasteiger partial charge on any atom is 0.255 e. The molecule has 0 aliphatic carbocycles. The van der Waals surface area contributed by atoms with Crippen LogP contribution in [0.3, 0.4) is 0 Å². The average Bonchev–Trinajstić information content (AvgIpc) is 2.52. The van der Waals surface area contributed by atoms with E-state index in [0.717, 1.165) is 6.42 Å². The molecule has 1 rings (SSSR count). The number of hydrogen-bond donors (Lipinski definition) is 2. The SMILES string of the molecule is CCC(CCO)NC(=O)c1cc(OC)c(OC)cc1OC. The molecule has 0 bridgehead atoms. The highest BCUT2D eigenvalue weighted by atomic mass is 16.5. The number of carbonyl (C=O) groups is 1. The molecule has 1 amide bonds. The van der Waals surface area contributed by atoms with Gasteiger partial charge in [-0.25, -0.2) is 0 Å². The predicted octanol–water partition coefficient (Wildman–Crippen LogP) is 1.60. The van der Waals surface area contributed by atoms with E-state index in [-0.39, 0.29) is 18.6 Å². The smallest absolute Gasteiger partial charge is 0.255 e. The molecule has 0 spiro atoms. The number of ether oxygens (including phenoxy) is 3. The number of amides is 1. The minimum Gasteiger partial charge on any atom is -0.496 e. The molecular formula is C15H23NO5. The van der Waals surface area contributed by atoms with Gasteiger partial charge < -0.3 is 24.6 Å². The van der Waals surface area contributed by atoms with E-state index in [0.29, 0.717) is 29.2 Å². The minimum atomic E-state index is -0.270. The zero-order valence-electron chi connectivity index (χ0n) is 12.9. The number of benzene rings is 1. The number of methoxy groups -OCH3 is 3. The van der Waals surface area contributed by atoms with Crippen molar-refractivity contribution in [2.75, 3.05) is 27.9 Å². The van der Waals surface area contributed by atoms with Gasteiger partial charge in [-0.3, -0.25) is 4.79 Å². The molecule has 21 heavy (non-hydrogen) atoms. The van der Waals surface area contributed by atoms with Gasteiger partial charge in [0.15, 0.2) is 11.5 Å². The maximum absolute atomic E-state index is 12.4. The lowest BCUT2D eigenvalue weighted by Gasteiger charge is -2.18. The first-order valence-corrected chi connectivity index (χ1v) is 6.82. The summed E-state index contributed by atoms with van der Waals surface area (Å²) in [7, 11) is 4.51. The predicted molar refractivity (Wildman–Crippen MR) is 79.3 cm³/mol. The largest absolute Gasteiger partial charge is 0.496 e. The van der Waals surface area contributed by atoms with Gasteiger partial charge in [0.1, 0.15) is 5.75 Å². The van der Waals surface area contributed by atoms with E-state index in [1.165, 1.54) is 21.3 Å². The zero-order chi connectivity index (χ0) is 15.8. The molecular weight excluding hydrogens is 274 g/mol. The van der Waals surface area contributed by atoms with Crippen LogP contribution in [-0.2, 0) is 0 Å². The average molecular weight is 297 g/mol. The highest BCUT2D eigenvalue weighted by molar-refractivity contribution is 5.98. The summed E-state index contributed by atoms with van der Waals surface area (Å²) in [6, 6.07) is 3.11. The summed E-state index contributed by atoms with van der Waals surface area (Å²) in [4.78, 5) is 12.4. The van der Waals surface area contributed by atoms with Gasteiger partial charge in [-0.15, -0.1) is 0 Å². The van der Waals surface area contributed by atoms with Gasteiger partial charge in [-0.1, -0.05) is 6.92 Å². The Kier molecular flexibility index (Phi) is 6.81. The molecule has 0 aromatic heterocycles. The molecule has 6 nitrogen and oxygen atoms in total. The lowest BCUT2D eigenvalue weighted by molar-refractivity contribution is 0.0925. The molecule has 0 aliphatic heterocycles. The van der Waals surface area contributed by atoms with E-state index in [1.807, 2.05) is 6.92 Å². The number of aliphatic hydroxyl groups is 1. The van der Waals surface area contributed by atoms with Crippen LogP contribution in [0.4, 0.5) is 0 Å². The van der Waals surface area contributed by atoms with Gasteiger partial charge in [0.05, 0.1) is 26.9 Å². The summed E-state index contributed by atoms with van der Waals surface area (Å²) in [5, 5.41) is 11.9. The quantitative estimate of drug-likeness (QED) is 0.762. The lowest BCUT2D eigenvalue weighted by atomic mass is 10.1. The van der Waals surface area contributed by atoms with Gasteiger partial charge in [0, 0.05) is 24.8 Å². The fourth-order valence-electron chi connectivity index (χ4n) is 2.00. The van der Waals surface area contributed by atoms with E-state index in [4.69, 9.17) is 19.3 Å². The van der Waals surface area contributed by atoms with Crippen LogP contribution in [0, 0.1) is 0 Å². The third kappa shape index (κ3) is 4.26. The number of hydrogen-bond acceptors (Lipinski definition) is 5. The molecule has 1 aromatic carbocycles. The van der Waals surface area contributed by atoms with Crippen LogP contribution in [0.25, 0.3) is 0 Å². The first-order valence-electron chi connectivity index (χ1n) is 6.82.